The Bertz CT molecular complexity index is 4180. The fourth-order valence-electron chi connectivity index (χ4n) is 11.7. The fraction of sp³-hybridized carbons (Fsp3) is 0.129. The Balaban J connectivity index is 0.000000163. The molecule has 0 saturated heterocycles. The van der Waals surface area contributed by atoms with Crippen molar-refractivity contribution in [2.45, 2.75) is 69.3 Å². The summed E-state index contributed by atoms with van der Waals surface area (Å²) in [6, 6.07) is 106. The zero-order chi connectivity index (χ0) is 65.4. The summed E-state index contributed by atoms with van der Waals surface area (Å²) in [5.74, 6) is 0.0584. The number of aryl methyl sites for hydroxylation is 6. The zero-order valence-electron chi connectivity index (χ0n) is 52.9. The van der Waals surface area contributed by atoms with Crippen molar-refractivity contribution in [3.05, 3.63) is 427 Å². The molecule has 1 aliphatic rings. The number of hydrogen-bond acceptors (Lipinski definition) is 2. The molecule has 0 fully saturated rings. The van der Waals surface area contributed by atoms with Crippen molar-refractivity contribution < 1.29 is 28.8 Å². The molecule has 1 atom stereocenters. The van der Waals surface area contributed by atoms with Crippen LogP contribution in [0.2, 0.25) is 0 Å². The molecule has 0 saturated carbocycles. The van der Waals surface area contributed by atoms with Crippen molar-refractivity contribution in [2.24, 2.45) is 0 Å². The number of aliphatic hydroxyl groups is 1. The van der Waals surface area contributed by atoms with E-state index in [0.717, 1.165) is 90.7 Å². The van der Waals surface area contributed by atoms with Crippen LogP contribution in [0.25, 0.3) is 0 Å². The van der Waals surface area contributed by atoms with Gasteiger partial charge >= 0.3 is 18.9 Å². The molecule has 0 amide bonds. The Morgan fingerprint density at radius 3 is 1.15 bits per heavy atom. The Morgan fingerprint density at radius 1 is 0.383 bits per heavy atom. The van der Waals surface area contributed by atoms with Gasteiger partial charge in [-0.3, -0.25) is 4.79 Å². The second-order valence-electron chi connectivity index (χ2n) is 22.5. The summed E-state index contributed by atoms with van der Waals surface area (Å²) in [6.07, 6.45) is 8.26. The van der Waals surface area contributed by atoms with Crippen LogP contribution >= 0.6 is 95.6 Å². The number of halogens is 6. The number of hydrogen-bond donors (Lipinski definition) is 1. The molecule has 94 heavy (non-hydrogen) atoms. The maximum absolute atomic E-state index is 12.2. The molecule has 9 heteroatoms. The Morgan fingerprint density at radius 2 is 0.702 bits per heavy atom. The minimum absolute atomic E-state index is 0. The van der Waals surface area contributed by atoms with Gasteiger partial charge in [0.25, 0.3) is 0 Å². The molecule has 0 aliphatic heterocycles. The molecule has 0 heterocycles. The van der Waals surface area contributed by atoms with Crippen LogP contribution in [0.1, 0.15) is 108 Å². The molecule has 12 aromatic rings. The fourth-order valence-corrected chi connectivity index (χ4v) is 14.0. The summed E-state index contributed by atoms with van der Waals surface area (Å²) in [4.78, 5) is 11.9. The van der Waals surface area contributed by atoms with E-state index in [2.05, 4.69) is 273 Å². The molecule has 468 valence electrons. The smallest absolute Gasteiger partial charge is 0.376 e. The van der Waals surface area contributed by atoms with E-state index in [0.29, 0.717) is 5.56 Å². The number of fused-ring (bicyclic) bond motifs is 2. The van der Waals surface area contributed by atoms with Crippen LogP contribution in [0.3, 0.4) is 0 Å². The summed E-state index contributed by atoms with van der Waals surface area (Å²) in [6.45, 7) is 5.72. The Hall–Kier alpha value is -6.25. The van der Waals surface area contributed by atoms with E-state index < -0.39 is 5.60 Å². The maximum atomic E-state index is 12.2. The van der Waals surface area contributed by atoms with E-state index >= 15 is 0 Å². The molecule has 1 aliphatic carbocycles. The van der Waals surface area contributed by atoms with Crippen LogP contribution in [0, 0.1) is 6.92 Å². The SMILES string of the molecule is Brc1ccc(C2(c3ccccc3)c3ccccc3CCc3ccccc32)cc1.Brc1ccccc1CCc1ccccc1Br.O=C(c1ccccc1)c1ccc(Br)cc1.OC(c1ccccc1)(c1ccc(Br)cc1)c1ccccc1CCc1ccccc1Br.[CH2-]CCC.[Li+]. The predicted octanol–water partition coefficient (Wildman–Crippen LogP) is 21.5. The van der Waals surface area contributed by atoms with E-state index in [4.69, 9.17) is 0 Å². The van der Waals surface area contributed by atoms with Gasteiger partial charge in [-0.1, -0.05) is 352 Å². The van der Waals surface area contributed by atoms with Gasteiger partial charge in [-0.25, -0.2) is 0 Å². The van der Waals surface area contributed by atoms with E-state index in [1.165, 1.54) is 65.4 Å². The molecular weight excluding hydrogens is 1540 g/mol. The molecular formula is C85H73Br6LiO2. The molecule has 1 N–H and O–H groups in total. The van der Waals surface area contributed by atoms with Crippen molar-refractivity contribution in [3.8, 4) is 0 Å². The van der Waals surface area contributed by atoms with Gasteiger partial charge in [-0.2, -0.15) is 6.42 Å². The first-order valence-electron chi connectivity index (χ1n) is 31.3. The van der Waals surface area contributed by atoms with Gasteiger partial charge in [0.05, 0.1) is 5.41 Å². The van der Waals surface area contributed by atoms with Crippen LogP contribution in [0.5, 0.6) is 0 Å². The van der Waals surface area contributed by atoms with Gasteiger partial charge in [0, 0.05) is 38.0 Å². The molecule has 0 spiro atoms. The van der Waals surface area contributed by atoms with Crippen LogP contribution in [0.15, 0.2) is 336 Å². The van der Waals surface area contributed by atoms with E-state index in [-0.39, 0.29) is 30.1 Å². The number of carbonyl (C=O) groups excluding carboxylic acids is 1. The van der Waals surface area contributed by atoms with Crippen LogP contribution < -0.4 is 18.9 Å². The molecule has 13 rings (SSSR count). The molecule has 12 aromatic carbocycles. The third-order valence-corrected chi connectivity index (χ3v) is 20.5. The first kappa shape index (κ1) is 73.6. The van der Waals surface area contributed by atoms with Crippen molar-refractivity contribution in [3.63, 3.8) is 0 Å². The molecule has 1 unspecified atom stereocenters. The van der Waals surface area contributed by atoms with E-state index in [9.17, 15) is 9.90 Å². The van der Waals surface area contributed by atoms with Crippen molar-refractivity contribution in [1.29, 1.82) is 0 Å². The van der Waals surface area contributed by atoms with Gasteiger partial charge < -0.3 is 12.0 Å². The average Bonchev–Trinajstić information content (AvgIpc) is 1.29. The molecule has 0 aromatic heterocycles. The second-order valence-corrected chi connectivity index (χ2v) is 27.8. The largest absolute Gasteiger partial charge is 1.00 e. The quantitative estimate of drug-likeness (QED) is 0.0510. The first-order valence-corrected chi connectivity index (χ1v) is 36.1. The summed E-state index contributed by atoms with van der Waals surface area (Å²) in [5.41, 5.74) is 15.9. The van der Waals surface area contributed by atoms with Gasteiger partial charge in [0.2, 0.25) is 0 Å². The molecule has 0 bridgehead atoms. The maximum Gasteiger partial charge on any atom is 1.00 e. The van der Waals surface area contributed by atoms with Gasteiger partial charge in [-0.15, -0.1) is 0 Å². The Labute approximate surface area is 619 Å². The third-order valence-electron chi connectivity index (χ3n) is 16.5. The van der Waals surface area contributed by atoms with Crippen molar-refractivity contribution in [2.75, 3.05) is 0 Å². The second kappa shape index (κ2) is 37.3. The van der Waals surface area contributed by atoms with E-state index in [1.807, 2.05) is 146 Å². The molecule has 0 radical (unpaired) electrons. The van der Waals surface area contributed by atoms with Gasteiger partial charge in [0.15, 0.2) is 5.78 Å². The van der Waals surface area contributed by atoms with E-state index in [1.54, 1.807) is 0 Å². The predicted molar refractivity (Wildman–Crippen MR) is 411 cm³/mol. The zero-order valence-corrected chi connectivity index (χ0v) is 62.4. The van der Waals surface area contributed by atoms with Gasteiger partial charge in [0.1, 0.15) is 5.60 Å². The number of benzene rings is 12. The van der Waals surface area contributed by atoms with Crippen LogP contribution in [-0.2, 0) is 49.5 Å². The van der Waals surface area contributed by atoms with Crippen LogP contribution in [0.4, 0.5) is 0 Å². The third kappa shape index (κ3) is 19.1. The minimum Gasteiger partial charge on any atom is -0.376 e. The van der Waals surface area contributed by atoms with Crippen molar-refractivity contribution in [1.82, 2.24) is 0 Å². The monoisotopic (exact) mass is 1610 g/mol. The summed E-state index contributed by atoms with van der Waals surface area (Å²) in [7, 11) is 0. The number of ketones is 1. The summed E-state index contributed by atoms with van der Waals surface area (Å²) < 4.78 is 6.59. The standard InChI is InChI=1S/C27H22Br2O.C27H21Br.C14H12Br2.C13H9BrO.C4H9.Li/c28-24-18-16-23(17-19-24)27(30,22-10-2-1-3-11-22)25-12-6-4-8-20(25)14-15-21-9-5-7-13-26(21)29;28-24-18-16-23(17-19-24)27(22-10-2-1-3-11-22)25-12-6-4-8-20(25)14-15-21-9-5-7-13-26(21)27;15-13-7-3-1-5-11(13)9-10-12-6-2-4-8-14(12)16;14-12-8-6-11(7-9-12)13(15)10-4-2-1-3-5-10;1-3-4-2;/h1-13,16-19,30H,14-15H2;1-13,16-19H,14-15H2;1-8H,9-10H2;1-9H;1,3-4H2,2H3;/q;;;;-1;+1. The van der Waals surface area contributed by atoms with Crippen LogP contribution in [-0.4, -0.2) is 10.9 Å². The van der Waals surface area contributed by atoms with Crippen molar-refractivity contribution >= 4 is 101 Å². The molecule has 2 nitrogen and oxygen atoms in total. The number of rotatable bonds is 14. The first-order chi connectivity index (χ1) is 45.3. The number of unbranched alkanes of at least 4 members (excludes halogenated alkanes) is 1. The topological polar surface area (TPSA) is 37.3 Å². The summed E-state index contributed by atoms with van der Waals surface area (Å²) >= 11 is 21.3. The Kier molecular flexibility index (Phi) is 29.2. The van der Waals surface area contributed by atoms with Gasteiger partial charge in [-0.05, 0) is 178 Å². The summed E-state index contributed by atoms with van der Waals surface area (Å²) in [5, 5.41) is 12.2. The average molecular weight is 1610 g/mol. The minimum atomic E-state index is -1.23. The normalized spacial score (nSPS) is 12.2. The number of carbonyl (C=O) groups is 1.